The van der Waals surface area contributed by atoms with E-state index in [-0.39, 0.29) is 0 Å². The van der Waals surface area contributed by atoms with E-state index in [1.54, 1.807) is 18.2 Å². The van der Waals surface area contributed by atoms with Gasteiger partial charge in [0, 0.05) is 0 Å². The predicted octanol–water partition coefficient (Wildman–Crippen LogP) is 0.827. The first-order valence-electron chi connectivity index (χ1n) is 5.47. The van der Waals surface area contributed by atoms with E-state index in [2.05, 4.69) is 19.9 Å². The third-order valence-electron chi connectivity index (χ3n) is 2.82. The number of rotatable bonds is 4. The molecule has 3 nitrogen and oxygen atoms in total. The lowest BCUT2D eigenvalue weighted by molar-refractivity contribution is 0.425. The van der Waals surface area contributed by atoms with Crippen molar-refractivity contribution in [1.82, 2.24) is 0 Å². The van der Waals surface area contributed by atoms with Crippen LogP contribution in [-0.4, -0.2) is 17.2 Å². The van der Waals surface area contributed by atoms with E-state index in [0.29, 0.717) is 16.9 Å². The average Bonchev–Trinajstić information content (AvgIpc) is 2.29. The second kappa shape index (κ2) is 5.69. The van der Waals surface area contributed by atoms with Crippen molar-refractivity contribution in [1.29, 1.82) is 5.26 Å². The number of hydrogen-bond acceptors (Lipinski definition) is 3. The highest BCUT2D eigenvalue weighted by molar-refractivity contribution is 6.58. The standard InChI is InChI=1S/C12H16BNO2/c1-3-9(2)6-10-4-5-12(13(15)16)7-11(10)8-14/h4-5,7,9,15-16H,3,6H2,1-2H3. The van der Waals surface area contributed by atoms with Crippen LogP contribution in [0.25, 0.3) is 0 Å². The largest absolute Gasteiger partial charge is 0.488 e. The molecule has 1 aromatic carbocycles. The van der Waals surface area contributed by atoms with Crippen LogP contribution in [0.1, 0.15) is 31.4 Å². The summed E-state index contributed by atoms with van der Waals surface area (Å²) in [5.74, 6) is 0.525. The van der Waals surface area contributed by atoms with Gasteiger partial charge in [-0.15, -0.1) is 0 Å². The van der Waals surface area contributed by atoms with E-state index in [0.717, 1.165) is 18.4 Å². The molecule has 0 aliphatic heterocycles. The van der Waals surface area contributed by atoms with Gasteiger partial charge >= 0.3 is 7.12 Å². The summed E-state index contributed by atoms with van der Waals surface area (Å²) in [5, 5.41) is 27.0. The zero-order valence-electron chi connectivity index (χ0n) is 9.64. The van der Waals surface area contributed by atoms with Gasteiger partial charge in [-0.1, -0.05) is 32.4 Å². The molecule has 1 rings (SSSR count). The van der Waals surface area contributed by atoms with Crippen molar-refractivity contribution in [3.63, 3.8) is 0 Å². The first-order valence-corrected chi connectivity index (χ1v) is 5.47. The highest BCUT2D eigenvalue weighted by Gasteiger charge is 2.14. The summed E-state index contributed by atoms with van der Waals surface area (Å²) >= 11 is 0. The quantitative estimate of drug-likeness (QED) is 0.734. The lowest BCUT2D eigenvalue weighted by Gasteiger charge is -2.11. The van der Waals surface area contributed by atoms with Crippen molar-refractivity contribution in [2.24, 2.45) is 5.92 Å². The van der Waals surface area contributed by atoms with Crippen LogP contribution < -0.4 is 5.46 Å². The van der Waals surface area contributed by atoms with Crippen molar-refractivity contribution in [2.75, 3.05) is 0 Å². The molecule has 4 heteroatoms. The third-order valence-corrected chi connectivity index (χ3v) is 2.82. The lowest BCUT2D eigenvalue weighted by Crippen LogP contribution is -2.30. The Labute approximate surface area is 96.5 Å². The molecule has 16 heavy (non-hydrogen) atoms. The molecule has 0 saturated heterocycles. The smallest absolute Gasteiger partial charge is 0.423 e. The van der Waals surface area contributed by atoms with Gasteiger partial charge in [0.05, 0.1) is 11.6 Å². The van der Waals surface area contributed by atoms with E-state index in [1.165, 1.54) is 0 Å². The van der Waals surface area contributed by atoms with Gasteiger partial charge in [-0.2, -0.15) is 5.26 Å². The van der Waals surface area contributed by atoms with Crippen LogP contribution in [0.3, 0.4) is 0 Å². The van der Waals surface area contributed by atoms with Crippen molar-refractivity contribution in [3.05, 3.63) is 29.3 Å². The molecule has 0 amide bonds. The van der Waals surface area contributed by atoms with Crippen LogP contribution in [0.15, 0.2) is 18.2 Å². The molecule has 0 spiro atoms. The van der Waals surface area contributed by atoms with Crippen LogP contribution in [0, 0.1) is 17.2 Å². The van der Waals surface area contributed by atoms with E-state index in [1.807, 2.05) is 0 Å². The second-order valence-corrected chi connectivity index (χ2v) is 4.12. The molecule has 0 fully saturated rings. The Morgan fingerprint density at radius 3 is 2.62 bits per heavy atom. The van der Waals surface area contributed by atoms with Gasteiger partial charge in [-0.05, 0) is 29.4 Å². The molecule has 84 valence electrons. The van der Waals surface area contributed by atoms with Gasteiger partial charge in [0.2, 0.25) is 0 Å². The minimum atomic E-state index is -1.51. The SMILES string of the molecule is CCC(C)Cc1ccc(B(O)O)cc1C#N. The molecule has 0 aromatic heterocycles. The molecule has 1 atom stereocenters. The first kappa shape index (κ1) is 12.8. The zero-order chi connectivity index (χ0) is 12.1. The Morgan fingerprint density at radius 1 is 1.44 bits per heavy atom. The molecule has 0 aliphatic carbocycles. The van der Waals surface area contributed by atoms with E-state index in [4.69, 9.17) is 15.3 Å². The van der Waals surface area contributed by atoms with Gasteiger partial charge in [-0.25, -0.2) is 0 Å². The summed E-state index contributed by atoms with van der Waals surface area (Å²) in [6, 6.07) is 7.10. The molecular weight excluding hydrogens is 201 g/mol. The number of nitriles is 1. The Bertz CT molecular complexity index is 398. The van der Waals surface area contributed by atoms with Gasteiger partial charge < -0.3 is 10.0 Å². The highest BCUT2D eigenvalue weighted by atomic mass is 16.4. The molecular formula is C12H16BNO2. The van der Waals surface area contributed by atoms with E-state index in [9.17, 15) is 0 Å². The predicted molar refractivity (Wildman–Crippen MR) is 64.1 cm³/mol. The Hall–Kier alpha value is -1.31. The Balaban J connectivity index is 2.99. The summed E-state index contributed by atoms with van der Waals surface area (Å²) in [7, 11) is -1.51. The summed E-state index contributed by atoms with van der Waals surface area (Å²) in [6.45, 7) is 4.25. The fourth-order valence-corrected chi connectivity index (χ4v) is 1.56. The van der Waals surface area contributed by atoms with Gasteiger partial charge in [0.25, 0.3) is 0 Å². The molecule has 0 aliphatic rings. The van der Waals surface area contributed by atoms with E-state index >= 15 is 0 Å². The molecule has 0 radical (unpaired) electrons. The van der Waals surface area contributed by atoms with Crippen LogP contribution in [-0.2, 0) is 6.42 Å². The maximum absolute atomic E-state index is 9.01. The fourth-order valence-electron chi connectivity index (χ4n) is 1.56. The van der Waals surface area contributed by atoms with Gasteiger partial charge in [0.1, 0.15) is 0 Å². The Morgan fingerprint density at radius 2 is 2.12 bits per heavy atom. The van der Waals surface area contributed by atoms with E-state index < -0.39 is 7.12 Å². The summed E-state index contributed by atoms with van der Waals surface area (Å²) in [5.41, 5.74) is 1.87. The molecule has 1 aromatic rings. The first-order chi connectivity index (χ1) is 7.58. The number of hydrogen-bond donors (Lipinski definition) is 2. The third kappa shape index (κ3) is 3.09. The topological polar surface area (TPSA) is 64.2 Å². The lowest BCUT2D eigenvalue weighted by atomic mass is 9.78. The van der Waals surface area contributed by atoms with Crippen molar-refractivity contribution >= 4 is 12.6 Å². The van der Waals surface area contributed by atoms with Gasteiger partial charge in [0.15, 0.2) is 0 Å². The average molecular weight is 217 g/mol. The summed E-state index contributed by atoms with van der Waals surface area (Å²) in [6.07, 6.45) is 1.91. The number of benzene rings is 1. The van der Waals surface area contributed by atoms with Crippen molar-refractivity contribution in [3.8, 4) is 6.07 Å². The molecule has 1 unspecified atom stereocenters. The second-order valence-electron chi connectivity index (χ2n) is 4.12. The minimum absolute atomic E-state index is 0.365. The van der Waals surface area contributed by atoms with Crippen molar-refractivity contribution in [2.45, 2.75) is 26.7 Å². The molecule has 0 bridgehead atoms. The normalized spacial score (nSPS) is 11.9. The molecule has 2 N–H and O–H groups in total. The maximum atomic E-state index is 9.01. The zero-order valence-corrected chi connectivity index (χ0v) is 9.64. The van der Waals surface area contributed by atoms with Crippen LogP contribution in [0.2, 0.25) is 0 Å². The van der Waals surface area contributed by atoms with Gasteiger partial charge in [-0.3, -0.25) is 0 Å². The Kier molecular flexibility index (Phi) is 4.54. The van der Waals surface area contributed by atoms with Crippen LogP contribution >= 0.6 is 0 Å². The van der Waals surface area contributed by atoms with Crippen LogP contribution in [0.5, 0.6) is 0 Å². The van der Waals surface area contributed by atoms with Crippen molar-refractivity contribution < 1.29 is 10.0 Å². The molecule has 0 saturated carbocycles. The summed E-state index contributed by atoms with van der Waals surface area (Å²) < 4.78 is 0. The fraction of sp³-hybridized carbons (Fsp3) is 0.417. The minimum Gasteiger partial charge on any atom is -0.423 e. The highest BCUT2D eigenvalue weighted by Crippen LogP contribution is 2.14. The van der Waals surface area contributed by atoms with Crippen LogP contribution in [0.4, 0.5) is 0 Å². The maximum Gasteiger partial charge on any atom is 0.488 e. The monoisotopic (exact) mass is 217 g/mol. The number of nitrogens with zero attached hydrogens (tertiary/aromatic N) is 1. The summed E-state index contributed by atoms with van der Waals surface area (Å²) in [4.78, 5) is 0. The molecule has 0 heterocycles.